The summed E-state index contributed by atoms with van der Waals surface area (Å²) in [4.78, 5) is 21.6. The van der Waals surface area contributed by atoms with Crippen LogP contribution in [0.2, 0.25) is 0 Å². The van der Waals surface area contributed by atoms with E-state index in [4.69, 9.17) is 5.11 Å². The molecular weight excluding hydrogens is 238 g/mol. The van der Waals surface area contributed by atoms with Gasteiger partial charge in [0.25, 0.3) is 0 Å². The number of carboxylic acids is 1. The molecule has 0 unspecified atom stereocenters. The second-order valence-corrected chi connectivity index (χ2v) is 4.64. The van der Waals surface area contributed by atoms with Gasteiger partial charge < -0.3 is 10.4 Å². The standard InChI is InChI=1S/C12H15NO3S/c1-9-3-2-4-10(5-9)6-13-11(14)7-17-8-12(15)16/h2-5H,6-8H2,1H3,(H,13,14)(H,15,16). The van der Waals surface area contributed by atoms with Gasteiger partial charge >= 0.3 is 5.97 Å². The Morgan fingerprint density at radius 1 is 1.35 bits per heavy atom. The third-order valence-electron chi connectivity index (χ3n) is 2.03. The van der Waals surface area contributed by atoms with Crippen LogP contribution in [0.1, 0.15) is 11.1 Å². The van der Waals surface area contributed by atoms with E-state index in [0.29, 0.717) is 6.54 Å². The molecule has 0 heterocycles. The third kappa shape index (κ3) is 5.97. The van der Waals surface area contributed by atoms with E-state index >= 15 is 0 Å². The largest absolute Gasteiger partial charge is 0.481 e. The molecule has 0 aromatic heterocycles. The minimum Gasteiger partial charge on any atom is -0.481 e. The quantitative estimate of drug-likeness (QED) is 0.805. The number of carbonyl (C=O) groups is 2. The molecule has 0 saturated heterocycles. The van der Waals surface area contributed by atoms with Crippen LogP contribution in [0.5, 0.6) is 0 Å². The molecule has 2 N–H and O–H groups in total. The van der Waals surface area contributed by atoms with Crippen LogP contribution in [0.3, 0.4) is 0 Å². The summed E-state index contributed by atoms with van der Waals surface area (Å²) < 4.78 is 0. The average molecular weight is 253 g/mol. The van der Waals surface area contributed by atoms with Crippen LogP contribution < -0.4 is 5.32 Å². The van der Waals surface area contributed by atoms with Crippen LogP contribution in [0.4, 0.5) is 0 Å². The summed E-state index contributed by atoms with van der Waals surface area (Å²) in [5.41, 5.74) is 2.19. The topological polar surface area (TPSA) is 66.4 Å². The smallest absolute Gasteiger partial charge is 0.313 e. The molecule has 0 aliphatic rings. The van der Waals surface area contributed by atoms with Gasteiger partial charge in [-0.25, -0.2) is 0 Å². The van der Waals surface area contributed by atoms with E-state index in [1.165, 1.54) is 0 Å². The predicted octanol–water partition coefficient (Wildman–Crippen LogP) is 1.43. The molecule has 0 radical (unpaired) electrons. The summed E-state index contributed by atoms with van der Waals surface area (Å²) in [5.74, 6) is -0.907. The van der Waals surface area contributed by atoms with Crippen molar-refractivity contribution in [1.82, 2.24) is 5.32 Å². The predicted molar refractivity (Wildman–Crippen MR) is 68.0 cm³/mol. The van der Waals surface area contributed by atoms with Crippen LogP contribution in [0.15, 0.2) is 24.3 Å². The van der Waals surface area contributed by atoms with E-state index in [1.54, 1.807) is 0 Å². The number of hydrogen-bond donors (Lipinski definition) is 2. The maximum absolute atomic E-state index is 11.4. The first-order chi connectivity index (χ1) is 8.08. The number of carboxylic acid groups (broad SMARTS) is 1. The van der Waals surface area contributed by atoms with Crippen molar-refractivity contribution in [2.45, 2.75) is 13.5 Å². The van der Waals surface area contributed by atoms with Crippen LogP contribution >= 0.6 is 11.8 Å². The van der Waals surface area contributed by atoms with E-state index in [-0.39, 0.29) is 17.4 Å². The number of aryl methyl sites for hydroxylation is 1. The fourth-order valence-corrected chi connectivity index (χ4v) is 1.87. The summed E-state index contributed by atoms with van der Waals surface area (Å²) >= 11 is 1.10. The Kier molecular flexibility index (Phi) is 5.56. The maximum Gasteiger partial charge on any atom is 0.313 e. The molecule has 92 valence electrons. The summed E-state index contributed by atoms with van der Waals surface area (Å²) in [6, 6.07) is 7.88. The lowest BCUT2D eigenvalue weighted by molar-refractivity contribution is -0.133. The molecule has 4 nitrogen and oxygen atoms in total. The lowest BCUT2D eigenvalue weighted by atomic mass is 10.1. The van der Waals surface area contributed by atoms with E-state index in [2.05, 4.69) is 5.32 Å². The highest BCUT2D eigenvalue weighted by atomic mass is 32.2. The monoisotopic (exact) mass is 253 g/mol. The average Bonchev–Trinajstić information content (AvgIpc) is 2.26. The van der Waals surface area contributed by atoms with Gasteiger partial charge in [-0.15, -0.1) is 11.8 Å². The number of aliphatic carboxylic acids is 1. The van der Waals surface area contributed by atoms with Gasteiger partial charge in [-0.05, 0) is 12.5 Å². The first-order valence-electron chi connectivity index (χ1n) is 5.19. The minimum atomic E-state index is -0.901. The van der Waals surface area contributed by atoms with Gasteiger partial charge in [0.2, 0.25) is 5.91 Å². The fraction of sp³-hybridized carbons (Fsp3) is 0.333. The summed E-state index contributed by atoms with van der Waals surface area (Å²) in [6.45, 7) is 2.47. The van der Waals surface area contributed by atoms with Crippen molar-refractivity contribution < 1.29 is 14.7 Å². The van der Waals surface area contributed by atoms with Gasteiger partial charge in [0.15, 0.2) is 0 Å². The molecule has 17 heavy (non-hydrogen) atoms. The van der Waals surface area contributed by atoms with Crippen LogP contribution in [0.25, 0.3) is 0 Å². The number of rotatable bonds is 6. The van der Waals surface area contributed by atoms with Crippen molar-refractivity contribution in [1.29, 1.82) is 0 Å². The SMILES string of the molecule is Cc1cccc(CNC(=O)CSCC(=O)O)c1. The number of amides is 1. The van der Waals surface area contributed by atoms with Crippen LogP contribution in [0, 0.1) is 6.92 Å². The molecule has 0 atom stereocenters. The molecule has 0 aliphatic heterocycles. The molecule has 1 aromatic carbocycles. The third-order valence-corrected chi connectivity index (χ3v) is 2.95. The van der Waals surface area contributed by atoms with Gasteiger partial charge in [-0.1, -0.05) is 29.8 Å². The highest BCUT2D eigenvalue weighted by Gasteiger charge is 2.03. The maximum atomic E-state index is 11.4. The van der Waals surface area contributed by atoms with Crippen molar-refractivity contribution >= 4 is 23.6 Å². The molecule has 0 saturated carbocycles. The van der Waals surface area contributed by atoms with Crippen LogP contribution in [-0.2, 0) is 16.1 Å². The van der Waals surface area contributed by atoms with Gasteiger partial charge in [0.05, 0.1) is 11.5 Å². The Hall–Kier alpha value is -1.49. The lowest BCUT2D eigenvalue weighted by Crippen LogP contribution is -2.25. The highest BCUT2D eigenvalue weighted by molar-refractivity contribution is 8.00. The van der Waals surface area contributed by atoms with Gasteiger partial charge in [0, 0.05) is 6.54 Å². The molecule has 0 spiro atoms. The summed E-state index contributed by atoms with van der Waals surface area (Å²) in [5, 5.41) is 11.2. The minimum absolute atomic E-state index is 0.0438. The Morgan fingerprint density at radius 2 is 2.12 bits per heavy atom. The van der Waals surface area contributed by atoms with E-state index in [0.717, 1.165) is 22.9 Å². The van der Waals surface area contributed by atoms with Gasteiger partial charge in [-0.2, -0.15) is 0 Å². The van der Waals surface area contributed by atoms with Crippen LogP contribution in [-0.4, -0.2) is 28.5 Å². The number of benzene rings is 1. The number of carbonyl (C=O) groups excluding carboxylic acids is 1. The molecule has 0 bridgehead atoms. The zero-order chi connectivity index (χ0) is 12.7. The highest BCUT2D eigenvalue weighted by Crippen LogP contribution is 2.04. The van der Waals surface area contributed by atoms with E-state index in [9.17, 15) is 9.59 Å². The van der Waals surface area contributed by atoms with E-state index in [1.807, 2.05) is 31.2 Å². The Bertz CT molecular complexity index is 406. The van der Waals surface area contributed by atoms with Crippen molar-refractivity contribution in [3.63, 3.8) is 0 Å². The number of thioether (sulfide) groups is 1. The normalized spacial score (nSPS) is 9.94. The molecule has 5 heteroatoms. The summed E-state index contributed by atoms with van der Waals surface area (Å²) in [7, 11) is 0. The Morgan fingerprint density at radius 3 is 2.76 bits per heavy atom. The van der Waals surface area contributed by atoms with Crippen molar-refractivity contribution in [2.75, 3.05) is 11.5 Å². The van der Waals surface area contributed by atoms with Crippen molar-refractivity contribution in [3.8, 4) is 0 Å². The van der Waals surface area contributed by atoms with Gasteiger partial charge in [0.1, 0.15) is 0 Å². The second kappa shape index (κ2) is 6.96. The zero-order valence-corrected chi connectivity index (χ0v) is 10.4. The van der Waals surface area contributed by atoms with Crippen molar-refractivity contribution in [2.24, 2.45) is 0 Å². The Balaban J connectivity index is 2.26. The number of hydrogen-bond acceptors (Lipinski definition) is 3. The second-order valence-electron chi connectivity index (χ2n) is 3.65. The Labute approximate surface area is 104 Å². The lowest BCUT2D eigenvalue weighted by Gasteiger charge is -2.05. The van der Waals surface area contributed by atoms with Gasteiger partial charge in [-0.3, -0.25) is 9.59 Å². The first kappa shape index (κ1) is 13.6. The molecule has 1 aromatic rings. The van der Waals surface area contributed by atoms with Crippen molar-refractivity contribution in [3.05, 3.63) is 35.4 Å². The van der Waals surface area contributed by atoms with E-state index < -0.39 is 5.97 Å². The summed E-state index contributed by atoms with van der Waals surface area (Å²) in [6.07, 6.45) is 0. The first-order valence-corrected chi connectivity index (χ1v) is 6.35. The number of nitrogens with one attached hydrogen (secondary N) is 1. The molecule has 1 rings (SSSR count). The molecule has 1 amide bonds. The zero-order valence-electron chi connectivity index (χ0n) is 9.60. The fourth-order valence-electron chi connectivity index (χ4n) is 1.30. The molecule has 0 fully saturated rings. The molecular formula is C12H15NO3S. The molecule has 0 aliphatic carbocycles.